The zero-order chi connectivity index (χ0) is 15.6. The van der Waals surface area contributed by atoms with Crippen molar-refractivity contribution in [1.82, 2.24) is 4.98 Å². The van der Waals surface area contributed by atoms with Crippen molar-refractivity contribution in [1.29, 1.82) is 0 Å². The maximum Gasteiger partial charge on any atom is 0.273 e. The molecule has 2 rings (SSSR count). The summed E-state index contributed by atoms with van der Waals surface area (Å²) in [4.78, 5) is 3.93. The fourth-order valence-corrected chi connectivity index (χ4v) is 4.59. The molecule has 0 aliphatic rings. The minimum Gasteiger partial charge on any atom is -0.492 e. The van der Waals surface area contributed by atoms with E-state index in [1.165, 1.54) is 0 Å². The second kappa shape index (κ2) is 6.21. The highest BCUT2D eigenvalue weighted by atomic mass is 35.5. The van der Waals surface area contributed by atoms with E-state index in [2.05, 4.69) is 9.71 Å². The Balaban J connectivity index is 2.39. The molecule has 0 saturated carbocycles. The molecule has 0 bridgehead atoms. The maximum atomic E-state index is 12.4. The van der Waals surface area contributed by atoms with E-state index >= 15 is 0 Å². The molecule has 5 nitrogen and oxygen atoms in total. The van der Waals surface area contributed by atoms with E-state index in [1.807, 2.05) is 19.9 Å². The predicted molar refractivity (Wildman–Crippen MR) is 85.0 cm³/mol. The van der Waals surface area contributed by atoms with Crippen molar-refractivity contribution in [3.63, 3.8) is 0 Å². The summed E-state index contributed by atoms with van der Waals surface area (Å²) in [5.41, 5.74) is 1.76. The summed E-state index contributed by atoms with van der Waals surface area (Å²) in [5.74, 6) is 0.495. The molecule has 0 amide bonds. The van der Waals surface area contributed by atoms with Gasteiger partial charge in [-0.2, -0.15) is 0 Å². The van der Waals surface area contributed by atoms with Gasteiger partial charge in [-0.25, -0.2) is 13.4 Å². The Morgan fingerprint density at radius 3 is 2.67 bits per heavy atom. The molecule has 0 aliphatic carbocycles. The van der Waals surface area contributed by atoms with Crippen molar-refractivity contribution in [2.75, 3.05) is 11.3 Å². The smallest absolute Gasteiger partial charge is 0.273 e. The van der Waals surface area contributed by atoms with Crippen LogP contribution in [0.5, 0.6) is 5.75 Å². The Labute approximate surface area is 133 Å². The lowest BCUT2D eigenvalue weighted by atomic mass is 10.2. The van der Waals surface area contributed by atoms with Gasteiger partial charge in [-0.3, -0.25) is 4.72 Å². The molecular formula is C13H15ClN2O3S2. The molecule has 1 aromatic heterocycles. The normalized spacial score (nSPS) is 11.4. The third-order valence-corrected chi connectivity index (χ3v) is 5.89. The highest BCUT2D eigenvalue weighted by molar-refractivity contribution is 7.94. The number of thiazole rings is 1. The number of halogens is 1. The first kappa shape index (κ1) is 16.1. The number of nitrogens with one attached hydrogen (secondary N) is 1. The summed E-state index contributed by atoms with van der Waals surface area (Å²) < 4.78 is 33.1. The molecule has 114 valence electrons. The molecule has 2 aromatic rings. The van der Waals surface area contributed by atoms with Gasteiger partial charge in [0.1, 0.15) is 5.75 Å². The molecule has 1 aromatic carbocycles. The van der Waals surface area contributed by atoms with Gasteiger partial charge in [-0.05, 0) is 38.5 Å². The first-order chi connectivity index (χ1) is 9.83. The molecule has 1 heterocycles. The summed E-state index contributed by atoms with van der Waals surface area (Å²) in [6.45, 7) is 5.81. The number of hydrogen-bond donors (Lipinski definition) is 1. The lowest BCUT2D eigenvalue weighted by molar-refractivity contribution is 0.342. The van der Waals surface area contributed by atoms with Crippen molar-refractivity contribution in [2.45, 2.75) is 25.0 Å². The van der Waals surface area contributed by atoms with Crippen LogP contribution in [0.25, 0.3) is 0 Å². The molecule has 0 unspecified atom stereocenters. The minimum atomic E-state index is -3.74. The molecule has 0 spiro atoms. The molecule has 21 heavy (non-hydrogen) atoms. The fourth-order valence-electron chi connectivity index (χ4n) is 1.78. The van der Waals surface area contributed by atoms with Crippen molar-refractivity contribution in [2.24, 2.45) is 0 Å². The highest BCUT2D eigenvalue weighted by Crippen LogP contribution is 2.32. The van der Waals surface area contributed by atoms with E-state index in [1.54, 1.807) is 19.1 Å². The lowest BCUT2D eigenvalue weighted by Crippen LogP contribution is -2.13. The Kier molecular flexibility index (Phi) is 4.75. The summed E-state index contributed by atoms with van der Waals surface area (Å²) in [7, 11) is -3.74. The molecule has 0 aliphatic heterocycles. The van der Waals surface area contributed by atoms with Gasteiger partial charge >= 0.3 is 0 Å². The van der Waals surface area contributed by atoms with E-state index in [-0.39, 0.29) is 8.68 Å². The predicted octanol–water partition coefficient (Wildman–Crippen LogP) is 3.61. The van der Waals surface area contributed by atoms with Crippen molar-refractivity contribution in [3.8, 4) is 5.75 Å². The largest absolute Gasteiger partial charge is 0.492 e. The number of aromatic nitrogens is 1. The number of nitrogens with zero attached hydrogens (tertiary/aromatic N) is 1. The third-order valence-electron chi connectivity index (χ3n) is 2.65. The Bertz CT molecular complexity index is 757. The van der Waals surface area contributed by atoms with Gasteiger partial charge in [0.15, 0.2) is 8.68 Å². The van der Waals surface area contributed by atoms with E-state index in [4.69, 9.17) is 16.3 Å². The first-order valence-electron chi connectivity index (χ1n) is 6.22. The average Bonchev–Trinajstić information content (AvgIpc) is 2.73. The molecule has 0 atom stereocenters. The number of hydrogen-bond acceptors (Lipinski definition) is 5. The van der Waals surface area contributed by atoms with Crippen LogP contribution in [0.2, 0.25) is 4.47 Å². The van der Waals surface area contributed by atoms with Gasteiger partial charge in [0, 0.05) is 0 Å². The van der Waals surface area contributed by atoms with Gasteiger partial charge in [0.2, 0.25) is 0 Å². The van der Waals surface area contributed by atoms with E-state index in [0.717, 1.165) is 16.9 Å². The van der Waals surface area contributed by atoms with Crippen LogP contribution in [0.4, 0.5) is 5.69 Å². The van der Waals surface area contributed by atoms with Crippen LogP contribution in [0, 0.1) is 13.8 Å². The molecule has 0 saturated heterocycles. The lowest BCUT2D eigenvalue weighted by Gasteiger charge is -2.13. The molecule has 8 heteroatoms. The van der Waals surface area contributed by atoms with Crippen LogP contribution in [-0.2, 0) is 10.0 Å². The topological polar surface area (TPSA) is 68.3 Å². The van der Waals surface area contributed by atoms with Crippen LogP contribution in [0.3, 0.4) is 0 Å². The van der Waals surface area contributed by atoms with Gasteiger partial charge in [-0.15, -0.1) is 0 Å². The van der Waals surface area contributed by atoms with E-state index in [9.17, 15) is 8.42 Å². The highest BCUT2D eigenvalue weighted by Gasteiger charge is 2.22. The summed E-state index contributed by atoms with van der Waals surface area (Å²) in [6.07, 6.45) is 0. The zero-order valence-electron chi connectivity index (χ0n) is 11.8. The number of sulfonamides is 1. The van der Waals surface area contributed by atoms with Gasteiger partial charge < -0.3 is 4.74 Å². The van der Waals surface area contributed by atoms with Crippen LogP contribution in [0.1, 0.15) is 18.2 Å². The third kappa shape index (κ3) is 3.66. The number of rotatable bonds is 5. The van der Waals surface area contributed by atoms with Crippen LogP contribution in [-0.4, -0.2) is 20.0 Å². The van der Waals surface area contributed by atoms with Crippen LogP contribution < -0.4 is 9.46 Å². The minimum absolute atomic E-state index is 0.107. The van der Waals surface area contributed by atoms with Gasteiger partial charge in [0.25, 0.3) is 10.0 Å². The summed E-state index contributed by atoms with van der Waals surface area (Å²) >= 11 is 6.69. The second-order valence-corrected chi connectivity index (χ2v) is 7.84. The van der Waals surface area contributed by atoms with Gasteiger partial charge in [-0.1, -0.05) is 29.0 Å². The maximum absolute atomic E-state index is 12.4. The van der Waals surface area contributed by atoms with E-state index in [0.29, 0.717) is 23.7 Å². The van der Waals surface area contributed by atoms with Crippen LogP contribution >= 0.6 is 22.9 Å². The number of aryl methyl sites for hydroxylation is 2. The summed E-state index contributed by atoms with van der Waals surface area (Å²) in [6, 6.07) is 5.27. The standard InChI is InChI=1S/C13H15ClN2O3S2/c1-4-19-11-7-8(2)5-6-10(11)16-21(17,18)12-9(3)15-13(14)20-12/h5-7,16H,4H2,1-3H3. The number of benzene rings is 1. The Morgan fingerprint density at radius 1 is 1.38 bits per heavy atom. The van der Waals surface area contributed by atoms with Crippen molar-refractivity contribution in [3.05, 3.63) is 33.9 Å². The van der Waals surface area contributed by atoms with Crippen molar-refractivity contribution < 1.29 is 13.2 Å². The van der Waals surface area contributed by atoms with E-state index < -0.39 is 10.0 Å². The molecule has 0 radical (unpaired) electrons. The Morgan fingerprint density at radius 2 is 2.10 bits per heavy atom. The van der Waals surface area contributed by atoms with Crippen LogP contribution in [0.15, 0.2) is 22.4 Å². The zero-order valence-corrected chi connectivity index (χ0v) is 14.2. The molecule has 0 fully saturated rings. The first-order valence-corrected chi connectivity index (χ1v) is 8.90. The fraction of sp³-hybridized carbons (Fsp3) is 0.308. The van der Waals surface area contributed by atoms with Gasteiger partial charge in [0.05, 0.1) is 18.0 Å². The summed E-state index contributed by atoms with van der Waals surface area (Å²) in [5, 5.41) is 0. The SMILES string of the molecule is CCOc1cc(C)ccc1NS(=O)(=O)c1sc(Cl)nc1C. The molecular weight excluding hydrogens is 332 g/mol. The molecule has 1 N–H and O–H groups in total. The number of ether oxygens (including phenoxy) is 1. The second-order valence-electron chi connectivity index (χ2n) is 4.38. The average molecular weight is 347 g/mol. The van der Waals surface area contributed by atoms with Crippen molar-refractivity contribution >= 4 is 38.6 Å². The monoisotopic (exact) mass is 346 g/mol. The number of anilines is 1. The quantitative estimate of drug-likeness (QED) is 0.897. The Hall–Kier alpha value is -1.31.